The third kappa shape index (κ3) is 4.03. The fourth-order valence-corrected chi connectivity index (χ4v) is 4.24. The number of fused-ring (bicyclic) bond motifs is 1. The van der Waals surface area contributed by atoms with Crippen molar-refractivity contribution in [1.29, 1.82) is 0 Å². The molecule has 1 fully saturated rings. The molecule has 1 aromatic heterocycles. The Kier molecular flexibility index (Phi) is 5.47. The molecule has 0 saturated carbocycles. The monoisotopic (exact) mass is 414 g/mol. The van der Waals surface area contributed by atoms with Crippen LogP contribution < -0.4 is 0 Å². The number of likely N-dealkylation sites (tertiary alicyclic amines) is 1. The van der Waals surface area contributed by atoms with Crippen LogP contribution in [-0.4, -0.2) is 34.0 Å². The molecule has 2 atom stereocenters. The molecule has 2 unspecified atom stereocenters. The van der Waals surface area contributed by atoms with Crippen LogP contribution >= 0.6 is 0 Å². The van der Waals surface area contributed by atoms with Crippen LogP contribution in [0.3, 0.4) is 0 Å². The number of pyridine rings is 1. The number of rotatable bonds is 4. The highest BCUT2D eigenvalue weighted by molar-refractivity contribution is 5.83. The lowest BCUT2D eigenvalue weighted by Gasteiger charge is -2.38. The Hall–Kier alpha value is -2.93. The van der Waals surface area contributed by atoms with Crippen LogP contribution in [0.5, 0.6) is 0 Å². The lowest BCUT2D eigenvalue weighted by molar-refractivity contribution is -0.144. The van der Waals surface area contributed by atoms with Gasteiger partial charge in [0.2, 0.25) is 0 Å². The normalized spacial score (nSPS) is 19.0. The van der Waals surface area contributed by atoms with Gasteiger partial charge in [-0.1, -0.05) is 30.3 Å². The van der Waals surface area contributed by atoms with Crippen molar-refractivity contribution in [3.05, 3.63) is 77.5 Å². The lowest BCUT2D eigenvalue weighted by atomic mass is 9.89. The summed E-state index contributed by atoms with van der Waals surface area (Å²) in [7, 11) is 0. The molecule has 30 heavy (non-hydrogen) atoms. The van der Waals surface area contributed by atoms with E-state index in [2.05, 4.69) is 9.88 Å². The zero-order chi connectivity index (χ0) is 21.3. The molecule has 4 nitrogen and oxygen atoms in total. The average Bonchev–Trinajstić information content (AvgIpc) is 2.74. The van der Waals surface area contributed by atoms with Crippen molar-refractivity contribution in [3.8, 4) is 0 Å². The van der Waals surface area contributed by atoms with E-state index in [4.69, 9.17) is 0 Å². The van der Waals surface area contributed by atoms with Gasteiger partial charge in [0.15, 0.2) is 0 Å². The van der Waals surface area contributed by atoms with E-state index in [1.54, 1.807) is 6.20 Å². The Morgan fingerprint density at radius 3 is 2.53 bits per heavy atom. The molecular weight excluding hydrogens is 393 g/mol. The predicted molar refractivity (Wildman–Crippen MR) is 107 cm³/mol. The molecule has 1 N–H and O–H groups in total. The van der Waals surface area contributed by atoms with Crippen molar-refractivity contribution in [2.45, 2.75) is 25.1 Å². The predicted octanol–water partition coefficient (Wildman–Crippen LogP) is 5.14. The van der Waals surface area contributed by atoms with Crippen LogP contribution in [0.25, 0.3) is 10.9 Å². The number of hydrogen-bond donors (Lipinski definition) is 1. The largest absolute Gasteiger partial charge is 0.481 e. The number of aliphatic carboxylic acids is 1. The fourth-order valence-electron chi connectivity index (χ4n) is 4.24. The molecule has 0 bridgehead atoms. The van der Waals surface area contributed by atoms with Crippen molar-refractivity contribution in [2.75, 3.05) is 13.1 Å². The first-order valence-corrected chi connectivity index (χ1v) is 9.82. The average molecular weight is 414 g/mol. The highest BCUT2D eigenvalue weighted by Gasteiger charge is 2.34. The number of hydrogen-bond acceptors (Lipinski definition) is 3. The van der Waals surface area contributed by atoms with Crippen molar-refractivity contribution in [1.82, 2.24) is 9.88 Å². The molecule has 7 heteroatoms. The minimum atomic E-state index is -4.41. The quantitative estimate of drug-likeness (QED) is 0.642. The Morgan fingerprint density at radius 2 is 1.83 bits per heavy atom. The van der Waals surface area contributed by atoms with Gasteiger partial charge in [0.25, 0.3) is 0 Å². The number of benzene rings is 2. The van der Waals surface area contributed by atoms with Crippen LogP contribution in [0.15, 0.2) is 60.8 Å². The molecule has 0 amide bonds. The summed E-state index contributed by atoms with van der Waals surface area (Å²) in [5, 5.41) is 10.4. The summed E-state index contributed by atoms with van der Waals surface area (Å²) in [5.41, 5.74) is 1.70. The zero-order valence-corrected chi connectivity index (χ0v) is 16.1. The first-order valence-electron chi connectivity index (χ1n) is 9.82. The Labute approximate surface area is 172 Å². The second-order valence-corrected chi connectivity index (χ2v) is 7.61. The Bertz CT molecular complexity index is 1040. The van der Waals surface area contributed by atoms with Crippen LogP contribution in [0.4, 0.5) is 13.2 Å². The molecule has 0 radical (unpaired) electrons. The Morgan fingerprint density at radius 1 is 1.10 bits per heavy atom. The van der Waals surface area contributed by atoms with E-state index in [0.717, 1.165) is 35.0 Å². The van der Waals surface area contributed by atoms with E-state index in [1.807, 2.05) is 30.3 Å². The molecule has 2 heterocycles. The highest BCUT2D eigenvalue weighted by atomic mass is 19.4. The molecule has 156 valence electrons. The number of carboxylic acid groups (broad SMARTS) is 1. The van der Waals surface area contributed by atoms with Gasteiger partial charge in [0.1, 0.15) is 0 Å². The number of halogens is 3. The van der Waals surface area contributed by atoms with Gasteiger partial charge in [-0.25, -0.2) is 0 Å². The summed E-state index contributed by atoms with van der Waals surface area (Å²) in [5.74, 6) is -1.34. The van der Waals surface area contributed by atoms with Crippen LogP contribution in [-0.2, 0) is 11.0 Å². The lowest BCUT2D eigenvalue weighted by Crippen LogP contribution is -2.41. The molecule has 1 aliphatic rings. The Balaban J connectivity index is 1.82. The number of piperidine rings is 1. The van der Waals surface area contributed by atoms with Crippen LogP contribution in [0.2, 0.25) is 0 Å². The molecular formula is C23H21F3N2O2. The molecule has 1 saturated heterocycles. The number of nitrogens with zero attached hydrogens (tertiary/aromatic N) is 2. The molecule has 0 aliphatic carbocycles. The maximum Gasteiger partial charge on any atom is 0.416 e. The van der Waals surface area contributed by atoms with Gasteiger partial charge in [-0.2, -0.15) is 13.2 Å². The SMILES string of the molecule is O=C(O)C1CCCN(C(c2ccc(C(F)(F)F)cc2)c2ccnc3ccccc23)C1. The molecule has 4 rings (SSSR count). The summed E-state index contributed by atoms with van der Waals surface area (Å²) in [6.07, 6.45) is -1.40. The van der Waals surface area contributed by atoms with Crippen molar-refractivity contribution >= 4 is 16.9 Å². The molecule has 1 aliphatic heterocycles. The van der Waals surface area contributed by atoms with E-state index in [-0.39, 0.29) is 6.04 Å². The second kappa shape index (κ2) is 8.07. The number of carboxylic acids is 1. The smallest absolute Gasteiger partial charge is 0.416 e. The van der Waals surface area contributed by atoms with Crippen LogP contribution in [0.1, 0.15) is 35.6 Å². The minimum Gasteiger partial charge on any atom is -0.481 e. The minimum absolute atomic E-state index is 0.345. The van der Waals surface area contributed by atoms with Gasteiger partial charge in [0, 0.05) is 18.1 Å². The fraction of sp³-hybridized carbons (Fsp3) is 0.304. The van der Waals surface area contributed by atoms with Gasteiger partial charge in [-0.3, -0.25) is 14.7 Å². The standard InChI is InChI=1S/C23H21F3N2O2/c24-23(25,26)17-9-7-15(8-10-17)21(28-13-3-4-16(14-28)22(29)30)19-11-12-27-20-6-2-1-5-18(19)20/h1-2,5-12,16,21H,3-4,13-14H2,(H,29,30). The summed E-state index contributed by atoms with van der Waals surface area (Å²) in [6.45, 7) is 1.02. The molecule has 3 aromatic rings. The van der Waals surface area contributed by atoms with E-state index in [9.17, 15) is 23.1 Å². The topological polar surface area (TPSA) is 53.4 Å². The van der Waals surface area contributed by atoms with E-state index in [0.29, 0.717) is 25.1 Å². The van der Waals surface area contributed by atoms with Crippen LogP contribution in [0, 0.1) is 5.92 Å². The van der Waals surface area contributed by atoms with E-state index in [1.165, 1.54) is 12.1 Å². The number of alkyl halides is 3. The number of aromatic nitrogens is 1. The highest BCUT2D eigenvalue weighted by Crippen LogP contribution is 2.37. The summed E-state index contributed by atoms with van der Waals surface area (Å²) in [6, 6.07) is 14.3. The van der Waals surface area contributed by atoms with Crippen molar-refractivity contribution in [3.63, 3.8) is 0 Å². The first-order chi connectivity index (χ1) is 14.3. The summed E-state index contributed by atoms with van der Waals surface area (Å²) in [4.78, 5) is 18.1. The van der Waals surface area contributed by atoms with Crippen molar-refractivity contribution in [2.24, 2.45) is 5.92 Å². The van der Waals surface area contributed by atoms with Gasteiger partial charge < -0.3 is 5.11 Å². The zero-order valence-electron chi connectivity index (χ0n) is 16.1. The van der Waals surface area contributed by atoms with E-state index >= 15 is 0 Å². The maximum atomic E-state index is 13.1. The van der Waals surface area contributed by atoms with Gasteiger partial charge in [-0.05, 0) is 54.8 Å². The maximum absolute atomic E-state index is 13.1. The van der Waals surface area contributed by atoms with Crippen molar-refractivity contribution < 1.29 is 23.1 Å². The first kappa shape index (κ1) is 20.3. The van der Waals surface area contributed by atoms with Gasteiger partial charge >= 0.3 is 12.1 Å². The second-order valence-electron chi connectivity index (χ2n) is 7.61. The van der Waals surface area contributed by atoms with Gasteiger partial charge in [-0.15, -0.1) is 0 Å². The molecule has 0 spiro atoms. The number of para-hydroxylation sites is 1. The molecule has 2 aromatic carbocycles. The third-order valence-corrected chi connectivity index (χ3v) is 5.70. The number of carbonyl (C=O) groups is 1. The summed E-state index contributed by atoms with van der Waals surface area (Å²) >= 11 is 0. The third-order valence-electron chi connectivity index (χ3n) is 5.70. The van der Waals surface area contributed by atoms with Gasteiger partial charge in [0.05, 0.1) is 23.0 Å². The van der Waals surface area contributed by atoms with E-state index < -0.39 is 23.6 Å². The summed E-state index contributed by atoms with van der Waals surface area (Å²) < 4.78 is 39.2.